The summed E-state index contributed by atoms with van der Waals surface area (Å²) in [6.07, 6.45) is 2.97. The van der Waals surface area contributed by atoms with Crippen molar-refractivity contribution in [1.29, 1.82) is 0 Å². The third-order valence-corrected chi connectivity index (χ3v) is 5.51. The molecule has 0 bridgehead atoms. The van der Waals surface area contributed by atoms with Crippen LogP contribution in [-0.4, -0.2) is 41.5 Å². The zero-order chi connectivity index (χ0) is 16.9. The number of halogens is 1. The molecule has 1 aliphatic heterocycles. The van der Waals surface area contributed by atoms with Gasteiger partial charge in [-0.15, -0.1) is 11.3 Å². The molecule has 24 heavy (non-hydrogen) atoms. The summed E-state index contributed by atoms with van der Waals surface area (Å²) in [7, 11) is 0. The average molecular weight is 364 g/mol. The van der Waals surface area contributed by atoms with Crippen LogP contribution in [0.4, 0.5) is 0 Å². The first-order valence-electron chi connectivity index (χ1n) is 8.42. The molecule has 1 N–H and O–H groups in total. The molecule has 0 saturated carbocycles. The van der Waals surface area contributed by atoms with E-state index < -0.39 is 0 Å². The summed E-state index contributed by atoms with van der Waals surface area (Å²) < 4.78 is 0. The highest BCUT2D eigenvalue weighted by atomic mass is 35.5. The fourth-order valence-electron chi connectivity index (χ4n) is 3.09. The van der Waals surface area contributed by atoms with Crippen LogP contribution in [0.25, 0.3) is 10.6 Å². The largest absolute Gasteiger partial charge is 0.334 e. The van der Waals surface area contributed by atoms with Crippen LogP contribution in [-0.2, 0) is 0 Å². The zero-order valence-electron chi connectivity index (χ0n) is 13.8. The summed E-state index contributed by atoms with van der Waals surface area (Å²) in [4.78, 5) is 19.6. The summed E-state index contributed by atoms with van der Waals surface area (Å²) in [6, 6.07) is 7.92. The predicted octanol–water partition coefficient (Wildman–Crippen LogP) is 4.07. The molecule has 0 aliphatic carbocycles. The van der Waals surface area contributed by atoms with Gasteiger partial charge in [0.1, 0.15) is 10.7 Å². The maximum atomic E-state index is 13.0. The number of carbonyl (C=O) groups is 1. The van der Waals surface area contributed by atoms with Crippen LogP contribution < -0.4 is 5.32 Å². The number of benzene rings is 1. The number of carbonyl (C=O) groups excluding carboxylic acids is 1. The molecule has 128 valence electrons. The first-order chi connectivity index (χ1) is 11.7. The van der Waals surface area contributed by atoms with Crippen molar-refractivity contribution in [3.05, 3.63) is 40.4 Å². The highest BCUT2D eigenvalue weighted by Crippen LogP contribution is 2.30. The molecule has 0 spiro atoms. The number of hydrogen-bond acceptors (Lipinski definition) is 4. The molecule has 1 fully saturated rings. The first kappa shape index (κ1) is 17.4. The molecule has 6 heteroatoms. The fourth-order valence-corrected chi connectivity index (χ4v) is 4.20. The van der Waals surface area contributed by atoms with E-state index in [1.54, 1.807) is 0 Å². The number of nitrogens with one attached hydrogen (secondary N) is 1. The topological polar surface area (TPSA) is 45.2 Å². The lowest BCUT2D eigenvalue weighted by atomic mass is 10.0. The molecule has 0 atom stereocenters. The number of amides is 1. The van der Waals surface area contributed by atoms with Crippen molar-refractivity contribution in [2.75, 3.05) is 19.6 Å². The van der Waals surface area contributed by atoms with E-state index in [1.807, 2.05) is 34.5 Å². The van der Waals surface area contributed by atoms with Crippen molar-refractivity contribution in [2.45, 2.75) is 32.2 Å². The van der Waals surface area contributed by atoms with E-state index >= 15 is 0 Å². The maximum absolute atomic E-state index is 13.0. The van der Waals surface area contributed by atoms with Crippen LogP contribution in [0.15, 0.2) is 29.6 Å². The van der Waals surface area contributed by atoms with Gasteiger partial charge in [0, 0.05) is 23.5 Å². The number of nitrogens with zero attached hydrogens (tertiary/aromatic N) is 2. The molecule has 1 amide bonds. The molecule has 2 aromatic rings. The van der Waals surface area contributed by atoms with Crippen molar-refractivity contribution >= 4 is 28.8 Å². The SMILES string of the molecule is CCCN(C(=O)c1csc(-c2ccccc2Cl)n1)C1CCNCC1. The van der Waals surface area contributed by atoms with E-state index in [4.69, 9.17) is 11.6 Å². The van der Waals surface area contributed by atoms with Gasteiger partial charge in [0.25, 0.3) is 5.91 Å². The number of piperidine rings is 1. The first-order valence-corrected chi connectivity index (χ1v) is 9.68. The smallest absolute Gasteiger partial charge is 0.273 e. The molecule has 1 aliphatic rings. The van der Waals surface area contributed by atoms with E-state index in [0.29, 0.717) is 16.8 Å². The van der Waals surface area contributed by atoms with Gasteiger partial charge in [-0.05, 0) is 38.4 Å². The minimum Gasteiger partial charge on any atom is -0.334 e. The maximum Gasteiger partial charge on any atom is 0.273 e. The second kappa shape index (κ2) is 8.10. The standard InChI is InChI=1S/C18H22ClN3OS/c1-2-11-22(13-7-9-20-10-8-13)18(23)16-12-24-17(21-16)14-5-3-4-6-15(14)19/h3-6,12-13,20H,2,7-11H2,1H3. The monoisotopic (exact) mass is 363 g/mol. The number of hydrogen-bond donors (Lipinski definition) is 1. The van der Waals surface area contributed by atoms with E-state index in [2.05, 4.69) is 17.2 Å². The lowest BCUT2D eigenvalue weighted by Gasteiger charge is -2.34. The van der Waals surface area contributed by atoms with E-state index in [9.17, 15) is 4.79 Å². The Morgan fingerprint density at radius 2 is 2.12 bits per heavy atom. The summed E-state index contributed by atoms with van der Waals surface area (Å²) in [5.41, 5.74) is 1.41. The second-order valence-electron chi connectivity index (χ2n) is 6.00. The Kier molecular flexibility index (Phi) is 5.87. The van der Waals surface area contributed by atoms with Gasteiger partial charge < -0.3 is 10.2 Å². The normalized spacial score (nSPS) is 15.4. The van der Waals surface area contributed by atoms with Gasteiger partial charge in [-0.2, -0.15) is 0 Å². The van der Waals surface area contributed by atoms with Crippen LogP contribution in [0.2, 0.25) is 5.02 Å². The Morgan fingerprint density at radius 1 is 1.38 bits per heavy atom. The van der Waals surface area contributed by atoms with Crippen LogP contribution in [0.3, 0.4) is 0 Å². The Morgan fingerprint density at radius 3 is 2.83 bits per heavy atom. The van der Waals surface area contributed by atoms with E-state index in [-0.39, 0.29) is 5.91 Å². The molecule has 0 unspecified atom stereocenters. The van der Waals surface area contributed by atoms with Gasteiger partial charge in [0.15, 0.2) is 0 Å². The fraction of sp³-hybridized carbons (Fsp3) is 0.444. The van der Waals surface area contributed by atoms with Gasteiger partial charge in [-0.1, -0.05) is 36.7 Å². The Balaban J connectivity index is 1.82. The van der Waals surface area contributed by atoms with Gasteiger partial charge in [0.05, 0.1) is 5.02 Å². The van der Waals surface area contributed by atoms with Gasteiger partial charge in [-0.3, -0.25) is 4.79 Å². The molecular formula is C18H22ClN3OS. The second-order valence-corrected chi connectivity index (χ2v) is 7.26. The summed E-state index contributed by atoms with van der Waals surface area (Å²) >= 11 is 7.72. The number of rotatable bonds is 5. The molecule has 4 nitrogen and oxygen atoms in total. The third kappa shape index (κ3) is 3.79. The van der Waals surface area contributed by atoms with Crippen molar-refractivity contribution in [1.82, 2.24) is 15.2 Å². The summed E-state index contributed by atoms with van der Waals surface area (Å²) in [5.74, 6) is 0.0401. The summed E-state index contributed by atoms with van der Waals surface area (Å²) in [6.45, 7) is 4.83. The van der Waals surface area contributed by atoms with Crippen LogP contribution in [0.5, 0.6) is 0 Å². The Hall–Kier alpha value is -1.43. The minimum absolute atomic E-state index is 0.0401. The van der Waals surface area contributed by atoms with E-state index in [0.717, 1.165) is 49.5 Å². The molecule has 2 heterocycles. The van der Waals surface area contributed by atoms with Crippen LogP contribution in [0.1, 0.15) is 36.7 Å². The number of aromatic nitrogens is 1. The van der Waals surface area contributed by atoms with Crippen molar-refractivity contribution in [3.63, 3.8) is 0 Å². The molecule has 0 radical (unpaired) electrons. The molecule has 1 saturated heterocycles. The van der Waals surface area contributed by atoms with Crippen molar-refractivity contribution in [2.24, 2.45) is 0 Å². The highest BCUT2D eigenvalue weighted by molar-refractivity contribution is 7.13. The van der Waals surface area contributed by atoms with E-state index in [1.165, 1.54) is 11.3 Å². The number of thiazole rings is 1. The Bertz CT molecular complexity index is 697. The summed E-state index contributed by atoms with van der Waals surface area (Å²) in [5, 5.41) is 6.67. The average Bonchev–Trinajstić information content (AvgIpc) is 3.10. The predicted molar refractivity (Wildman–Crippen MR) is 99.8 cm³/mol. The molecule has 1 aromatic carbocycles. The zero-order valence-corrected chi connectivity index (χ0v) is 15.4. The third-order valence-electron chi connectivity index (χ3n) is 4.30. The van der Waals surface area contributed by atoms with Gasteiger partial charge in [-0.25, -0.2) is 4.98 Å². The highest BCUT2D eigenvalue weighted by Gasteiger charge is 2.27. The van der Waals surface area contributed by atoms with Crippen LogP contribution in [0, 0.1) is 0 Å². The van der Waals surface area contributed by atoms with Gasteiger partial charge in [0.2, 0.25) is 0 Å². The molecular weight excluding hydrogens is 342 g/mol. The lowest BCUT2D eigenvalue weighted by Crippen LogP contribution is -2.46. The lowest BCUT2D eigenvalue weighted by molar-refractivity contribution is 0.0637. The molecule has 3 rings (SSSR count). The van der Waals surface area contributed by atoms with Crippen molar-refractivity contribution < 1.29 is 4.79 Å². The van der Waals surface area contributed by atoms with Gasteiger partial charge >= 0.3 is 0 Å². The quantitative estimate of drug-likeness (QED) is 0.871. The van der Waals surface area contributed by atoms with Crippen LogP contribution >= 0.6 is 22.9 Å². The minimum atomic E-state index is 0.0401. The van der Waals surface area contributed by atoms with Crippen molar-refractivity contribution in [3.8, 4) is 10.6 Å². The Labute approximate surface area is 151 Å². The molecule has 1 aromatic heterocycles.